The minimum Gasteiger partial charge on any atom is -0.380 e. The van der Waals surface area contributed by atoms with Crippen LogP contribution in [0.2, 0.25) is 0 Å². The molecular weight excluding hydrogens is 284 g/mol. The third kappa shape index (κ3) is 2.37. The molecule has 90 valence electrons. The molecule has 0 aromatic carbocycles. The van der Waals surface area contributed by atoms with Gasteiger partial charge in [-0.15, -0.1) is 0 Å². The van der Waals surface area contributed by atoms with Crippen LogP contribution in [0.15, 0.2) is 29.3 Å². The van der Waals surface area contributed by atoms with Crippen molar-refractivity contribution < 1.29 is 5.11 Å². The molecule has 1 N–H and O–H groups in total. The maximum Gasteiger partial charge on any atom is 0.140 e. The number of hydrogen-bond donors (Lipinski definition) is 1. The summed E-state index contributed by atoms with van der Waals surface area (Å²) in [5.74, 6) is 0. The smallest absolute Gasteiger partial charge is 0.140 e. The lowest BCUT2D eigenvalue weighted by atomic mass is 10.2. The van der Waals surface area contributed by atoms with Gasteiger partial charge in [0.15, 0.2) is 0 Å². The second-order valence-corrected chi connectivity index (χ2v) is 4.80. The van der Waals surface area contributed by atoms with Gasteiger partial charge in [-0.1, -0.05) is 0 Å². The fraction of sp³-hybridized carbons (Fsp3) is 0.364. The summed E-state index contributed by atoms with van der Waals surface area (Å²) < 4.78 is 2.54. The van der Waals surface area contributed by atoms with Gasteiger partial charge in [0.05, 0.1) is 28.3 Å². The second kappa shape index (κ2) is 4.93. The Balaban J connectivity index is 2.43. The van der Waals surface area contributed by atoms with Gasteiger partial charge in [0.2, 0.25) is 0 Å². The molecule has 5 nitrogen and oxygen atoms in total. The molecule has 2 aromatic rings. The molecule has 0 aliphatic rings. The molecule has 1 unspecified atom stereocenters. The first kappa shape index (κ1) is 12.2. The Morgan fingerprint density at radius 2 is 2.06 bits per heavy atom. The van der Waals surface area contributed by atoms with Gasteiger partial charge < -0.3 is 5.11 Å². The van der Waals surface area contributed by atoms with Crippen molar-refractivity contribution >= 4 is 15.9 Å². The third-order valence-corrected chi connectivity index (χ3v) is 3.01. The number of aliphatic hydroxyl groups excluding tert-OH is 1. The number of aliphatic hydroxyl groups is 1. The summed E-state index contributed by atoms with van der Waals surface area (Å²) in [6.07, 6.45) is 5.53. The van der Waals surface area contributed by atoms with Gasteiger partial charge in [-0.3, -0.25) is 14.6 Å². The minimum absolute atomic E-state index is 0.169. The molecule has 0 aliphatic heterocycles. The van der Waals surface area contributed by atoms with Crippen LogP contribution in [0.3, 0.4) is 0 Å². The van der Waals surface area contributed by atoms with E-state index in [-0.39, 0.29) is 6.04 Å². The Kier molecular flexibility index (Phi) is 3.54. The fourth-order valence-corrected chi connectivity index (χ4v) is 2.10. The number of aromatic nitrogens is 4. The number of hydrogen-bond acceptors (Lipinski definition) is 4. The molecule has 6 heteroatoms. The van der Waals surface area contributed by atoms with Crippen molar-refractivity contribution in [2.75, 3.05) is 0 Å². The van der Waals surface area contributed by atoms with Crippen LogP contribution in [0, 0.1) is 0 Å². The van der Waals surface area contributed by atoms with Crippen LogP contribution >= 0.6 is 15.9 Å². The highest BCUT2D eigenvalue weighted by Gasteiger charge is 2.21. The zero-order chi connectivity index (χ0) is 12.4. The molecule has 0 saturated carbocycles. The van der Waals surface area contributed by atoms with E-state index in [9.17, 15) is 5.11 Å². The lowest BCUT2D eigenvalue weighted by Crippen LogP contribution is -2.13. The lowest BCUT2D eigenvalue weighted by molar-refractivity contribution is 0.199. The SMILES string of the molecule is CC(C)n1ncc(Br)c1C(O)c1cnccn1. The maximum absolute atomic E-state index is 10.3. The quantitative estimate of drug-likeness (QED) is 0.942. The van der Waals surface area contributed by atoms with Crippen molar-refractivity contribution in [3.63, 3.8) is 0 Å². The monoisotopic (exact) mass is 296 g/mol. The summed E-state index contributed by atoms with van der Waals surface area (Å²) in [5, 5.41) is 14.5. The van der Waals surface area contributed by atoms with Crippen LogP contribution in [0.4, 0.5) is 0 Å². The van der Waals surface area contributed by atoms with Crippen LogP contribution in [-0.2, 0) is 0 Å². The number of rotatable bonds is 3. The van der Waals surface area contributed by atoms with Crippen LogP contribution in [0.5, 0.6) is 0 Å². The Morgan fingerprint density at radius 1 is 1.29 bits per heavy atom. The van der Waals surface area contributed by atoms with E-state index in [2.05, 4.69) is 31.0 Å². The summed E-state index contributed by atoms with van der Waals surface area (Å²) in [6.45, 7) is 4.01. The fourth-order valence-electron chi connectivity index (χ4n) is 1.61. The molecular formula is C11H13BrN4O. The number of halogens is 1. The predicted octanol–water partition coefficient (Wildman–Crippen LogP) is 2.10. The molecule has 0 aliphatic carbocycles. The highest BCUT2D eigenvalue weighted by molar-refractivity contribution is 9.10. The normalized spacial score (nSPS) is 13.0. The van der Waals surface area contributed by atoms with E-state index < -0.39 is 6.10 Å². The van der Waals surface area contributed by atoms with Crippen LogP contribution in [0.25, 0.3) is 0 Å². The summed E-state index contributed by atoms with van der Waals surface area (Å²) in [6, 6.07) is 0.169. The van der Waals surface area contributed by atoms with Crippen LogP contribution in [0.1, 0.15) is 37.4 Å². The standard InChI is InChI=1S/C11H13BrN4O/c1-7(2)16-10(8(12)5-15-16)11(17)9-6-13-3-4-14-9/h3-7,11,17H,1-2H3. The van der Waals surface area contributed by atoms with Crippen LogP contribution in [-0.4, -0.2) is 24.9 Å². The van der Waals surface area contributed by atoms with E-state index in [4.69, 9.17) is 0 Å². The Morgan fingerprint density at radius 3 is 2.65 bits per heavy atom. The molecule has 0 bridgehead atoms. The molecule has 17 heavy (non-hydrogen) atoms. The molecule has 2 heterocycles. The van der Waals surface area contributed by atoms with E-state index in [1.165, 1.54) is 0 Å². The highest BCUT2D eigenvalue weighted by atomic mass is 79.9. The van der Waals surface area contributed by atoms with Crippen molar-refractivity contribution in [3.8, 4) is 0 Å². The van der Waals surface area contributed by atoms with E-state index in [0.717, 1.165) is 4.47 Å². The maximum atomic E-state index is 10.3. The molecule has 0 amide bonds. The number of nitrogens with zero attached hydrogens (tertiary/aromatic N) is 4. The first-order valence-corrected chi connectivity index (χ1v) is 6.07. The zero-order valence-electron chi connectivity index (χ0n) is 9.58. The largest absolute Gasteiger partial charge is 0.380 e. The van der Waals surface area contributed by atoms with Gasteiger partial charge in [-0.05, 0) is 29.8 Å². The van der Waals surface area contributed by atoms with Crippen molar-refractivity contribution in [2.45, 2.75) is 26.0 Å². The summed E-state index contributed by atoms with van der Waals surface area (Å²) in [4.78, 5) is 8.05. The zero-order valence-corrected chi connectivity index (χ0v) is 11.2. The van der Waals surface area contributed by atoms with Gasteiger partial charge in [0, 0.05) is 18.4 Å². The molecule has 2 rings (SSSR count). The molecule has 1 atom stereocenters. The van der Waals surface area contributed by atoms with E-state index in [0.29, 0.717) is 11.4 Å². The van der Waals surface area contributed by atoms with E-state index in [1.54, 1.807) is 29.5 Å². The Labute approximate surface area is 108 Å². The Hall–Kier alpha value is -1.27. The van der Waals surface area contributed by atoms with Gasteiger partial charge in [0.25, 0.3) is 0 Å². The summed E-state index contributed by atoms with van der Waals surface area (Å²) >= 11 is 3.39. The third-order valence-electron chi connectivity index (χ3n) is 2.40. The van der Waals surface area contributed by atoms with Crippen molar-refractivity contribution in [2.24, 2.45) is 0 Å². The first-order chi connectivity index (χ1) is 8.11. The lowest BCUT2D eigenvalue weighted by Gasteiger charge is -2.15. The van der Waals surface area contributed by atoms with Crippen LogP contribution < -0.4 is 0 Å². The van der Waals surface area contributed by atoms with Crippen molar-refractivity contribution in [1.29, 1.82) is 0 Å². The van der Waals surface area contributed by atoms with Gasteiger partial charge in [-0.2, -0.15) is 5.10 Å². The second-order valence-electron chi connectivity index (χ2n) is 3.95. The van der Waals surface area contributed by atoms with Gasteiger partial charge >= 0.3 is 0 Å². The molecule has 0 spiro atoms. The minimum atomic E-state index is -0.831. The van der Waals surface area contributed by atoms with Gasteiger partial charge in [0.1, 0.15) is 6.10 Å². The average Bonchev–Trinajstić information content (AvgIpc) is 2.71. The topological polar surface area (TPSA) is 63.8 Å². The average molecular weight is 297 g/mol. The van der Waals surface area contributed by atoms with Crippen molar-refractivity contribution in [1.82, 2.24) is 19.7 Å². The summed E-state index contributed by atoms with van der Waals surface area (Å²) in [7, 11) is 0. The van der Waals surface area contributed by atoms with Crippen molar-refractivity contribution in [3.05, 3.63) is 40.6 Å². The van der Waals surface area contributed by atoms with E-state index >= 15 is 0 Å². The van der Waals surface area contributed by atoms with E-state index in [1.807, 2.05) is 13.8 Å². The molecule has 0 saturated heterocycles. The summed E-state index contributed by atoms with van der Waals surface area (Å²) in [5.41, 5.74) is 1.20. The first-order valence-electron chi connectivity index (χ1n) is 5.28. The molecule has 0 radical (unpaired) electrons. The molecule has 0 fully saturated rings. The Bertz CT molecular complexity index is 497. The van der Waals surface area contributed by atoms with Gasteiger partial charge in [-0.25, -0.2) is 0 Å². The predicted molar refractivity (Wildman–Crippen MR) is 66.4 cm³/mol. The molecule has 2 aromatic heterocycles. The highest BCUT2D eigenvalue weighted by Crippen LogP contribution is 2.28.